The molecule has 0 saturated carbocycles. The molecule has 5 nitrogen and oxygen atoms in total. The predicted octanol–water partition coefficient (Wildman–Crippen LogP) is 3.91. The lowest BCUT2D eigenvalue weighted by atomic mass is 10.1. The zero-order valence-corrected chi connectivity index (χ0v) is 13.9. The standard InChI is InChI=1S/C18H15ClN2O3/c1-11-3-5-14(19)9-15(11)21-18(23)13(10-20)7-12-4-6-16(22)17(8-12)24-2/h3-9,22H,1-2H3,(H,21,23)/b13-7+. The van der Waals surface area contributed by atoms with Crippen molar-refractivity contribution in [2.45, 2.75) is 6.92 Å². The first-order valence-electron chi connectivity index (χ1n) is 7.01. The summed E-state index contributed by atoms with van der Waals surface area (Å²) < 4.78 is 5.01. The van der Waals surface area contributed by atoms with Crippen molar-refractivity contribution in [1.82, 2.24) is 0 Å². The lowest BCUT2D eigenvalue weighted by Crippen LogP contribution is -2.14. The number of nitriles is 1. The van der Waals surface area contributed by atoms with Crippen molar-refractivity contribution < 1.29 is 14.6 Å². The van der Waals surface area contributed by atoms with Crippen molar-refractivity contribution in [3.8, 4) is 17.6 Å². The van der Waals surface area contributed by atoms with Gasteiger partial charge in [-0.25, -0.2) is 0 Å². The molecule has 2 N–H and O–H groups in total. The zero-order valence-electron chi connectivity index (χ0n) is 13.1. The summed E-state index contributed by atoms with van der Waals surface area (Å²) in [4.78, 5) is 12.3. The molecular weight excluding hydrogens is 328 g/mol. The molecule has 0 spiro atoms. The number of ether oxygens (including phenoxy) is 1. The Morgan fingerprint density at radius 3 is 2.75 bits per heavy atom. The maximum atomic E-state index is 12.3. The Morgan fingerprint density at radius 2 is 2.08 bits per heavy atom. The van der Waals surface area contributed by atoms with Crippen LogP contribution < -0.4 is 10.1 Å². The van der Waals surface area contributed by atoms with Crippen LogP contribution in [0.2, 0.25) is 5.02 Å². The molecule has 0 unspecified atom stereocenters. The molecule has 0 bridgehead atoms. The van der Waals surface area contributed by atoms with Gasteiger partial charge in [-0.2, -0.15) is 5.26 Å². The summed E-state index contributed by atoms with van der Waals surface area (Å²) in [6.07, 6.45) is 1.41. The van der Waals surface area contributed by atoms with Crippen molar-refractivity contribution in [1.29, 1.82) is 5.26 Å². The van der Waals surface area contributed by atoms with Crippen LogP contribution in [0.4, 0.5) is 5.69 Å². The Labute approximate surface area is 144 Å². The maximum absolute atomic E-state index is 12.3. The van der Waals surface area contributed by atoms with Crippen LogP contribution in [0.15, 0.2) is 42.0 Å². The Hall–Kier alpha value is -2.97. The number of halogens is 1. The number of amides is 1. The second-order valence-electron chi connectivity index (χ2n) is 5.01. The number of aryl methyl sites for hydroxylation is 1. The van der Waals surface area contributed by atoms with Gasteiger partial charge in [-0.3, -0.25) is 4.79 Å². The second-order valence-corrected chi connectivity index (χ2v) is 5.45. The number of rotatable bonds is 4. The molecule has 24 heavy (non-hydrogen) atoms. The average molecular weight is 343 g/mol. The molecule has 0 aliphatic heterocycles. The molecule has 122 valence electrons. The molecule has 0 aliphatic carbocycles. The van der Waals surface area contributed by atoms with Crippen molar-refractivity contribution in [3.63, 3.8) is 0 Å². The van der Waals surface area contributed by atoms with Crippen molar-refractivity contribution >= 4 is 29.3 Å². The van der Waals surface area contributed by atoms with E-state index in [1.165, 1.54) is 25.3 Å². The highest BCUT2D eigenvalue weighted by molar-refractivity contribution is 6.31. The fourth-order valence-electron chi connectivity index (χ4n) is 2.02. The lowest BCUT2D eigenvalue weighted by Gasteiger charge is -2.08. The fraction of sp³-hybridized carbons (Fsp3) is 0.111. The average Bonchev–Trinajstić information content (AvgIpc) is 2.57. The van der Waals surface area contributed by atoms with E-state index in [1.807, 2.05) is 13.0 Å². The third kappa shape index (κ3) is 4.06. The van der Waals surface area contributed by atoms with Gasteiger partial charge in [0, 0.05) is 10.7 Å². The van der Waals surface area contributed by atoms with Gasteiger partial charge in [-0.05, 0) is 48.4 Å². The minimum absolute atomic E-state index is 0.0211. The summed E-state index contributed by atoms with van der Waals surface area (Å²) in [6.45, 7) is 1.83. The number of nitrogens with zero attached hydrogens (tertiary/aromatic N) is 1. The number of carbonyl (C=O) groups is 1. The molecule has 1 amide bonds. The molecule has 0 radical (unpaired) electrons. The number of aromatic hydroxyl groups is 1. The van der Waals surface area contributed by atoms with Gasteiger partial charge in [-0.1, -0.05) is 23.7 Å². The smallest absolute Gasteiger partial charge is 0.266 e. The monoisotopic (exact) mass is 342 g/mol. The number of phenolic OH excluding ortho intramolecular Hbond substituents is 1. The van der Waals surface area contributed by atoms with Crippen LogP contribution in [0.3, 0.4) is 0 Å². The van der Waals surface area contributed by atoms with Gasteiger partial charge >= 0.3 is 0 Å². The summed E-state index contributed by atoms with van der Waals surface area (Å²) in [5.74, 6) is -0.311. The number of benzene rings is 2. The first-order valence-corrected chi connectivity index (χ1v) is 7.38. The summed E-state index contributed by atoms with van der Waals surface area (Å²) in [6, 6.07) is 11.5. The topological polar surface area (TPSA) is 82.3 Å². The predicted molar refractivity (Wildman–Crippen MR) is 93.1 cm³/mol. The van der Waals surface area contributed by atoms with Crippen LogP contribution in [0.25, 0.3) is 6.08 Å². The van der Waals surface area contributed by atoms with Gasteiger partial charge in [-0.15, -0.1) is 0 Å². The first-order chi connectivity index (χ1) is 11.4. The molecule has 0 saturated heterocycles. The van der Waals surface area contributed by atoms with E-state index in [0.29, 0.717) is 16.3 Å². The van der Waals surface area contributed by atoms with E-state index in [1.54, 1.807) is 24.3 Å². The van der Waals surface area contributed by atoms with Gasteiger partial charge in [0.2, 0.25) is 0 Å². The number of anilines is 1. The van der Waals surface area contributed by atoms with Crippen LogP contribution >= 0.6 is 11.6 Å². The third-order valence-electron chi connectivity index (χ3n) is 3.33. The Balaban J connectivity index is 2.29. The molecule has 0 atom stereocenters. The maximum Gasteiger partial charge on any atom is 0.266 e. The van der Waals surface area contributed by atoms with Gasteiger partial charge < -0.3 is 15.2 Å². The van der Waals surface area contributed by atoms with Crippen LogP contribution in [-0.4, -0.2) is 18.1 Å². The zero-order chi connectivity index (χ0) is 17.7. The van der Waals surface area contributed by atoms with Crippen molar-refractivity contribution in [3.05, 3.63) is 58.1 Å². The van der Waals surface area contributed by atoms with E-state index in [2.05, 4.69) is 5.32 Å². The fourth-order valence-corrected chi connectivity index (χ4v) is 2.19. The highest BCUT2D eigenvalue weighted by Gasteiger charge is 2.12. The first kappa shape index (κ1) is 17.4. The van der Waals surface area contributed by atoms with E-state index in [4.69, 9.17) is 16.3 Å². The molecule has 0 fully saturated rings. The summed E-state index contributed by atoms with van der Waals surface area (Å²) in [5.41, 5.74) is 1.84. The quantitative estimate of drug-likeness (QED) is 0.652. The number of phenols is 1. The van der Waals surface area contributed by atoms with Crippen LogP contribution in [-0.2, 0) is 4.79 Å². The van der Waals surface area contributed by atoms with Gasteiger partial charge in [0.05, 0.1) is 7.11 Å². The minimum Gasteiger partial charge on any atom is -0.504 e. The van der Waals surface area contributed by atoms with Crippen LogP contribution in [0.5, 0.6) is 11.5 Å². The van der Waals surface area contributed by atoms with E-state index in [-0.39, 0.29) is 17.1 Å². The number of hydrogen-bond acceptors (Lipinski definition) is 4. The number of hydrogen-bond donors (Lipinski definition) is 2. The van der Waals surface area contributed by atoms with E-state index < -0.39 is 5.91 Å². The molecule has 2 aromatic carbocycles. The number of nitrogens with one attached hydrogen (secondary N) is 1. The van der Waals surface area contributed by atoms with E-state index in [0.717, 1.165) is 5.56 Å². The SMILES string of the molecule is COc1cc(/C=C(\C#N)C(=O)Nc2cc(Cl)ccc2C)ccc1O. The molecule has 2 aromatic rings. The number of carbonyl (C=O) groups excluding carboxylic acids is 1. The highest BCUT2D eigenvalue weighted by Crippen LogP contribution is 2.27. The van der Waals surface area contributed by atoms with Crippen molar-refractivity contribution in [2.24, 2.45) is 0 Å². The van der Waals surface area contributed by atoms with Crippen LogP contribution in [0.1, 0.15) is 11.1 Å². The third-order valence-corrected chi connectivity index (χ3v) is 3.56. The molecule has 2 rings (SSSR count). The largest absolute Gasteiger partial charge is 0.504 e. The molecule has 0 aromatic heterocycles. The lowest BCUT2D eigenvalue weighted by molar-refractivity contribution is -0.112. The number of methoxy groups -OCH3 is 1. The molecular formula is C18H15ClN2O3. The summed E-state index contributed by atoms with van der Waals surface area (Å²) >= 11 is 5.92. The molecule has 0 aliphatic rings. The summed E-state index contributed by atoms with van der Waals surface area (Å²) in [5, 5.41) is 22.0. The van der Waals surface area contributed by atoms with Gasteiger partial charge in [0.1, 0.15) is 11.6 Å². The normalized spacial score (nSPS) is 10.8. The Kier molecular flexibility index (Phi) is 5.46. The Morgan fingerprint density at radius 1 is 1.33 bits per heavy atom. The molecule has 6 heteroatoms. The minimum atomic E-state index is -0.546. The van der Waals surface area contributed by atoms with Gasteiger partial charge in [0.25, 0.3) is 5.91 Å². The van der Waals surface area contributed by atoms with E-state index in [9.17, 15) is 15.2 Å². The van der Waals surface area contributed by atoms with Crippen molar-refractivity contribution in [2.75, 3.05) is 12.4 Å². The Bertz CT molecular complexity index is 854. The van der Waals surface area contributed by atoms with E-state index >= 15 is 0 Å². The highest BCUT2D eigenvalue weighted by atomic mass is 35.5. The molecule has 0 heterocycles. The van der Waals surface area contributed by atoms with Gasteiger partial charge in [0.15, 0.2) is 11.5 Å². The summed E-state index contributed by atoms with van der Waals surface area (Å²) in [7, 11) is 1.42. The second kappa shape index (κ2) is 7.53. The van der Waals surface area contributed by atoms with Crippen LogP contribution in [0, 0.1) is 18.3 Å².